The molecule has 0 atom stereocenters. The molecular formula is C17H14N2O4. The van der Waals surface area contributed by atoms with Crippen LogP contribution in [0.4, 0.5) is 11.4 Å². The molecule has 2 aromatic carbocycles. The molecule has 0 saturated heterocycles. The van der Waals surface area contributed by atoms with E-state index in [0.29, 0.717) is 5.69 Å². The van der Waals surface area contributed by atoms with Gasteiger partial charge in [0.2, 0.25) is 5.91 Å². The van der Waals surface area contributed by atoms with Crippen molar-refractivity contribution in [2.45, 2.75) is 13.3 Å². The van der Waals surface area contributed by atoms with Crippen LogP contribution in [0.1, 0.15) is 11.1 Å². The van der Waals surface area contributed by atoms with Crippen molar-refractivity contribution in [3.63, 3.8) is 0 Å². The number of carbonyl (C=O) groups excluding carboxylic acids is 1. The Morgan fingerprint density at radius 3 is 2.87 bits per heavy atom. The number of benzene rings is 2. The number of nitro benzene ring substituents is 1. The van der Waals surface area contributed by atoms with Crippen LogP contribution in [-0.4, -0.2) is 10.8 Å². The van der Waals surface area contributed by atoms with Gasteiger partial charge in [-0.3, -0.25) is 14.9 Å². The highest BCUT2D eigenvalue weighted by atomic mass is 16.6. The number of rotatable bonds is 4. The van der Waals surface area contributed by atoms with Crippen LogP contribution in [0.3, 0.4) is 0 Å². The van der Waals surface area contributed by atoms with E-state index in [1.165, 1.54) is 18.2 Å². The van der Waals surface area contributed by atoms with E-state index in [0.717, 1.165) is 22.1 Å². The molecule has 0 spiro atoms. The van der Waals surface area contributed by atoms with Crippen molar-refractivity contribution < 1.29 is 14.1 Å². The van der Waals surface area contributed by atoms with Gasteiger partial charge in [0.15, 0.2) is 0 Å². The van der Waals surface area contributed by atoms with Gasteiger partial charge in [0, 0.05) is 28.8 Å². The number of carbonyl (C=O) groups is 1. The Morgan fingerprint density at radius 2 is 2.09 bits per heavy atom. The molecular weight excluding hydrogens is 296 g/mol. The van der Waals surface area contributed by atoms with E-state index >= 15 is 0 Å². The number of hydrogen-bond donors (Lipinski definition) is 1. The van der Waals surface area contributed by atoms with E-state index in [4.69, 9.17) is 4.42 Å². The Kier molecular flexibility index (Phi) is 3.80. The number of fused-ring (bicyclic) bond motifs is 1. The van der Waals surface area contributed by atoms with E-state index in [1.54, 1.807) is 12.3 Å². The highest BCUT2D eigenvalue weighted by Crippen LogP contribution is 2.23. The lowest BCUT2D eigenvalue weighted by molar-refractivity contribution is -0.384. The van der Waals surface area contributed by atoms with Crippen LogP contribution in [0, 0.1) is 17.0 Å². The van der Waals surface area contributed by atoms with Crippen LogP contribution in [0.25, 0.3) is 11.0 Å². The summed E-state index contributed by atoms with van der Waals surface area (Å²) in [5, 5.41) is 14.3. The molecule has 0 aliphatic heterocycles. The maximum atomic E-state index is 12.1. The summed E-state index contributed by atoms with van der Waals surface area (Å²) in [6, 6.07) is 11.6. The van der Waals surface area contributed by atoms with Gasteiger partial charge in [-0.2, -0.15) is 0 Å². The monoisotopic (exact) mass is 310 g/mol. The summed E-state index contributed by atoms with van der Waals surface area (Å²) in [6.45, 7) is 1.97. The molecule has 3 rings (SSSR count). The molecule has 1 N–H and O–H groups in total. The average molecular weight is 310 g/mol. The molecule has 1 amide bonds. The van der Waals surface area contributed by atoms with Crippen molar-refractivity contribution in [2.24, 2.45) is 0 Å². The molecule has 6 nitrogen and oxygen atoms in total. The zero-order chi connectivity index (χ0) is 16.4. The van der Waals surface area contributed by atoms with Crippen molar-refractivity contribution in [1.29, 1.82) is 0 Å². The van der Waals surface area contributed by atoms with Gasteiger partial charge in [0.25, 0.3) is 5.69 Å². The molecule has 0 radical (unpaired) electrons. The van der Waals surface area contributed by atoms with Crippen molar-refractivity contribution in [3.8, 4) is 0 Å². The summed E-state index contributed by atoms with van der Waals surface area (Å²) in [6.07, 6.45) is 1.70. The maximum absolute atomic E-state index is 12.1. The van der Waals surface area contributed by atoms with E-state index in [9.17, 15) is 14.9 Å². The second-order valence-corrected chi connectivity index (χ2v) is 5.29. The first-order chi connectivity index (χ1) is 11.0. The molecule has 6 heteroatoms. The van der Waals surface area contributed by atoms with Gasteiger partial charge in [-0.15, -0.1) is 0 Å². The number of aryl methyl sites for hydroxylation is 1. The summed E-state index contributed by atoms with van der Waals surface area (Å²) in [5.41, 5.74) is 2.94. The molecule has 1 heterocycles. The molecule has 0 unspecified atom stereocenters. The summed E-state index contributed by atoms with van der Waals surface area (Å²) in [7, 11) is 0. The third-order valence-electron chi connectivity index (χ3n) is 3.50. The Morgan fingerprint density at radius 1 is 1.26 bits per heavy atom. The number of furan rings is 1. The van der Waals surface area contributed by atoms with Crippen LogP contribution in [0.5, 0.6) is 0 Å². The fourth-order valence-electron chi connectivity index (χ4n) is 2.40. The topological polar surface area (TPSA) is 85.4 Å². The summed E-state index contributed by atoms with van der Waals surface area (Å²) < 4.78 is 5.46. The molecule has 1 aromatic heterocycles. The lowest BCUT2D eigenvalue weighted by Gasteiger charge is -2.04. The van der Waals surface area contributed by atoms with Gasteiger partial charge in [0.05, 0.1) is 17.6 Å². The molecule has 23 heavy (non-hydrogen) atoms. The Hall–Kier alpha value is -3.15. The van der Waals surface area contributed by atoms with Crippen molar-refractivity contribution in [3.05, 3.63) is 70.0 Å². The highest BCUT2D eigenvalue weighted by molar-refractivity contribution is 5.95. The molecule has 0 aliphatic rings. The lowest BCUT2D eigenvalue weighted by atomic mass is 10.1. The molecule has 0 saturated carbocycles. The lowest BCUT2D eigenvalue weighted by Crippen LogP contribution is -2.14. The Balaban J connectivity index is 1.76. The second kappa shape index (κ2) is 5.92. The van der Waals surface area contributed by atoms with Gasteiger partial charge in [-0.05, 0) is 24.6 Å². The second-order valence-electron chi connectivity index (χ2n) is 5.29. The molecule has 0 bridgehead atoms. The number of nitrogens with zero attached hydrogens (tertiary/aromatic N) is 1. The standard InChI is InChI=1S/C17H14N2O4/c1-11-5-6-15-12(10-23-16(15)7-11)8-17(20)18-13-3-2-4-14(9-13)19(21)22/h2-7,9-10H,8H2,1H3,(H,18,20). The van der Waals surface area contributed by atoms with Crippen LogP contribution in [0.2, 0.25) is 0 Å². The van der Waals surface area contributed by atoms with E-state index < -0.39 is 4.92 Å². The fourth-order valence-corrected chi connectivity index (χ4v) is 2.40. The first-order valence-electron chi connectivity index (χ1n) is 7.04. The number of amides is 1. The molecule has 3 aromatic rings. The third kappa shape index (κ3) is 3.21. The third-order valence-corrected chi connectivity index (χ3v) is 3.50. The Labute approximate surface area is 131 Å². The number of anilines is 1. The van der Waals surface area contributed by atoms with Gasteiger partial charge >= 0.3 is 0 Å². The van der Waals surface area contributed by atoms with Crippen LogP contribution in [0.15, 0.2) is 53.1 Å². The number of nitrogens with one attached hydrogen (secondary N) is 1. The van der Waals surface area contributed by atoms with Crippen molar-refractivity contribution >= 4 is 28.3 Å². The smallest absolute Gasteiger partial charge is 0.271 e. The molecule has 116 valence electrons. The van der Waals surface area contributed by atoms with Crippen molar-refractivity contribution in [1.82, 2.24) is 0 Å². The van der Waals surface area contributed by atoms with Crippen molar-refractivity contribution in [2.75, 3.05) is 5.32 Å². The van der Waals surface area contributed by atoms with Gasteiger partial charge < -0.3 is 9.73 Å². The summed E-state index contributed by atoms with van der Waals surface area (Å²) >= 11 is 0. The van der Waals surface area contributed by atoms with Crippen LogP contribution >= 0.6 is 0 Å². The number of hydrogen-bond acceptors (Lipinski definition) is 4. The SMILES string of the molecule is Cc1ccc2c(CC(=O)Nc3cccc([N+](=O)[O-])c3)coc2c1. The van der Waals surface area contributed by atoms with E-state index in [2.05, 4.69) is 5.32 Å². The van der Waals surface area contributed by atoms with Gasteiger partial charge in [-0.1, -0.05) is 18.2 Å². The first-order valence-corrected chi connectivity index (χ1v) is 7.04. The minimum atomic E-state index is -0.498. The minimum absolute atomic E-state index is 0.0629. The zero-order valence-electron chi connectivity index (χ0n) is 12.4. The predicted molar refractivity (Wildman–Crippen MR) is 86.4 cm³/mol. The molecule has 0 fully saturated rings. The minimum Gasteiger partial charge on any atom is -0.464 e. The zero-order valence-corrected chi connectivity index (χ0v) is 12.4. The first kappa shape index (κ1) is 14.8. The van der Waals surface area contributed by atoms with Gasteiger partial charge in [-0.25, -0.2) is 0 Å². The van der Waals surface area contributed by atoms with Crippen LogP contribution < -0.4 is 5.32 Å². The Bertz CT molecular complexity index is 898. The quantitative estimate of drug-likeness (QED) is 0.586. The van der Waals surface area contributed by atoms with E-state index in [1.807, 2.05) is 25.1 Å². The number of nitro groups is 1. The summed E-state index contributed by atoms with van der Waals surface area (Å²) in [4.78, 5) is 22.4. The van der Waals surface area contributed by atoms with Gasteiger partial charge in [0.1, 0.15) is 5.58 Å². The molecule has 0 aliphatic carbocycles. The van der Waals surface area contributed by atoms with E-state index in [-0.39, 0.29) is 18.0 Å². The highest BCUT2D eigenvalue weighted by Gasteiger charge is 2.12. The average Bonchev–Trinajstić information content (AvgIpc) is 2.89. The fraction of sp³-hybridized carbons (Fsp3) is 0.118. The maximum Gasteiger partial charge on any atom is 0.271 e. The summed E-state index contributed by atoms with van der Waals surface area (Å²) in [5.74, 6) is -0.256. The number of non-ortho nitro benzene ring substituents is 1. The normalized spacial score (nSPS) is 10.7. The van der Waals surface area contributed by atoms with Crippen LogP contribution in [-0.2, 0) is 11.2 Å². The predicted octanol–water partition coefficient (Wildman–Crippen LogP) is 3.83. The largest absolute Gasteiger partial charge is 0.464 e.